The summed E-state index contributed by atoms with van der Waals surface area (Å²) < 4.78 is 0. The number of ketones is 2. The van der Waals surface area contributed by atoms with Crippen LogP contribution in [-0.4, -0.2) is 111 Å². The number of nitrogens with two attached hydrogens (primary N) is 1. The molecule has 8 N–H and O–H groups in total. The number of nitrogens with zero attached hydrogens (tertiary/aromatic N) is 2. The molecule has 4 rings (SSSR count). The Balaban J connectivity index is 1.89. The molecule has 1 saturated carbocycles. The average molecular weight is 559 g/mol. The predicted octanol–water partition coefficient (Wildman–Crippen LogP) is -1.33. The second-order valence-corrected chi connectivity index (χ2v) is 11.1. The zero-order valence-corrected chi connectivity index (χ0v) is 22.8. The zero-order valence-electron chi connectivity index (χ0n) is 22.8. The molecule has 13 nitrogen and oxygen atoms in total. The number of rotatable bonds is 6. The smallest absolute Gasteiger partial charge is 0.255 e. The van der Waals surface area contributed by atoms with Gasteiger partial charge in [-0.25, -0.2) is 0 Å². The van der Waals surface area contributed by atoms with Gasteiger partial charge in [0.25, 0.3) is 5.91 Å². The highest BCUT2D eigenvalue weighted by Gasteiger charge is 2.68. The molecule has 3 aliphatic rings. The quantitative estimate of drug-likeness (QED) is 0.203. The number of aliphatic hydroxyl groups is 4. The van der Waals surface area contributed by atoms with E-state index in [1.807, 2.05) is 0 Å². The average Bonchev–Trinajstić information content (AvgIpc) is 2.84. The normalized spacial score (nSPS) is 29.9. The molecule has 0 heterocycles. The fraction of sp³-hybridized carbons (Fsp3) is 0.481. The molecule has 13 heteroatoms. The predicted molar refractivity (Wildman–Crippen MR) is 141 cm³/mol. The number of hydrogen-bond donors (Lipinski definition) is 7. The van der Waals surface area contributed by atoms with Crippen LogP contribution >= 0.6 is 0 Å². The molecule has 1 aromatic rings. The summed E-state index contributed by atoms with van der Waals surface area (Å²) in [6.45, 7) is 1.66. The molecule has 0 radical (unpaired) electrons. The Kier molecular flexibility index (Phi) is 7.30. The molecule has 0 bridgehead atoms. The summed E-state index contributed by atoms with van der Waals surface area (Å²) in [5.41, 5.74) is 1.38. The Morgan fingerprint density at radius 2 is 1.73 bits per heavy atom. The van der Waals surface area contributed by atoms with Gasteiger partial charge in [0.15, 0.2) is 11.4 Å². The van der Waals surface area contributed by atoms with Gasteiger partial charge in [0, 0.05) is 23.6 Å². The number of carbonyl (C=O) groups is 4. The second-order valence-electron chi connectivity index (χ2n) is 11.1. The molecule has 6 atom stereocenters. The first kappa shape index (κ1) is 29.2. The number of primary amides is 1. The molecule has 1 aromatic carbocycles. The molecule has 0 aromatic heterocycles. The maximum atomic E-state index is 14.0. The number of phenols is 1. The number of nitrogens with one attached hydrogen (secondary N) is 1. The topological polar surface area (TPSA) is 214 Å². The van der Waals surface area contributed by atoms with Crippen LogP contribution in [0.25, 0.3) is 5.76 Å². The summed E-state index contributed by atoms with van der Waals surface area (Å²) in [5.74, 6) is -9.80. The van der Waals surface area contributed by atoms with Gasteiger partial charge in [0.1, 0.15) is 22.8 Å². The maximum Gasteiger partial charge on any atom is 0.255 e. The van der Waals surface area contributed by atoms with Crippen LogP contribution in [0.1, 0.15) is 29.5 Å². The van der Waals surface area contributed by atoms with Crippen molar-refractivity contribution in [3.63, 3.8) is 0 Å². The monoisotopic (exact) mass is 558 g/mol. The van der Waals surface area contributed by atoms with E-state index >= 15 is 0 Å². The first-order valence-electron chi connectivity index (χ1n) is 12.7. The van der Waals surface area contributed by atoms with Crippen molar-refractivity contribution in [2.45, 2.75) is 37.1 Å². The van der Waals surface area contributed by atoms with Crippen LogP contribution in [0.15, 0.2) is 29.0 Å². The number of Topliss-reactive ketones (excluding diaryl/α,β-unsaturated/α-hetero) is 2. The lowest BCUT2D eigenvalue weighted by Crippen LogP contribution is -2.70. The Hall–Kier alpha value is -3.78. The van der Waals surface area contributed by atoms with E-state index in [2.05, 4.69) is 5.32 Å². The molecular weight excluding hydrogens is 524 g/mol. The highest BCUT2D eigenvalue weighted by atomic mass is 16.4. The van der Waals surface area contributed by atoms with Crippen molar-refractivity contribution < 1.29 is 44.7 Å². The summed E-state index contributed by atoms with van der Waals surface area (Å²) in [6.07, 6.45) is -1.66. The van der Waals surface area contributed by atoms with Gasteiger partial charge in [-0.2, -0.15) is 0 Å². The van der Waals surface area contributed by atoms with Crippen LogP contribution in [0.2, 0.25) is 0 Å². The van der Waals surface area contributed by atoms with Crippen LogP contribution in [0.4, 0.5) is 0 Å². The maximum absolute atomic E-state index is 14.0. The number of benzene rings is 1. The summed E-state index contributed by atoms with van der Waals surface area (Å²) in [5, 5.41) is 59.4. The van der Waals surface area contributed by atoms with Gasteiger partial charge in [0.2, 0.25) is 11.7 Å². The van der Waals surface area contributed by atoms with Crippen molar-refractivity contribution in [2.75, 3.05) is 34.7 Å². The fourth-order valence-electron chi connectivity index (χ4n) is 6.34. The number of fused-ring (bicyclic) bond motifs is 3. The van der Waals surface area contributed by atoms with Gasteiger partial charge >= 0.3 is 0 Å². The number of aliphatic hydroxyl groups excluding tert-OH is 3. The van der Waals surface area contributed by atoms with Gasteiger partial charge in [-0.05, 0) is 39.7 Å². The lowest BCUT2D eigenvalue weighted by atomic mass is 9.54. The van der Waals surface area contributed by atoms with Gasteiger partial charge in [-0.1, -0.05) is 19.1 Å². The van der Waals surface area contributed by atoms with Crippen molar-refractivity contribution in [3.05, 3.63) is 45.7 Å². The minimum Gasteiger partial charge on any atom is -0.508 e. The molecule has 0 unspecified atom stereocenters. The van der Waals surface area contributed by atoms with E-state index in [4.69, 9.17) is 5.73 Å². The van der Waals surface area contributed by atoms with E-state index in [9.17, 15) is 44.7 Å². The lowest BCUT2D eigenvalue weighted by Gasteiger charge is -2.53. The fourth-order valence-corrected chi connectivity index (χ4v) is 6.34. The van der Waals surface area contributed by atoms with Crippen LogP contribution in [-0.2, 0) is 25.7 Å². The summed E-state index contributed by atoms with van der Waals surface area (Å²) in [7, 11) is 6.32. The number of aromatic hydroxyl groups is 1. The van der Waals surface area contributed by atoms with Crippen LogP contribution in [0.5, 0.6) is 5.75 Å². The van der Waals surface area contributed by atoms with E-state index in [-0.39, 0.29) is 30.1 Å². The Bertz CT molecular complexity index is 1380. The standard InChI is InChI=1S/C27H34N4O9/c1-10-12-7-6-11(8-29-13(32)9-30(2)3)20(33)15(12)21(34)16-14(10)22(35)18-19(31(4)5)23(36)17(26(28)39)25(38)27(18,40)24(16)37/h6-7,10,14,18-19,22,33-35,38,40H,8-9H2,1-5H3,(H2,28,39)(H,29,32)/t10-,14+,18+,19-,22-,27-/m0/s1. The second kappa shape index (κ2) is 10.0. The minimum atomic E-state index is -2.98. The summed E-state index contributed by atoms with van der Waals surface area (Å²) >= 11 is 0. The third kappa shape index (κ3) is 4.08. The van der Waals surface area contributed by atoms with Crippen LogP contribution in [0, 0.1) is 11.8 Å². The Labute approximate surface area is 230 Å². The van der Waals surface area contributed by atoms with Crippen molar-refractivity contribution >= 4 is 29.1 Å². The molecular formula is C27H34N4O9. The van der Waals surface area contributed by atoms with Crippen molar-refractivity contribution in [3.8, 4) is 5.75 Å². The number of hydrogen-bond acceptors (Lipinski definition) is 11. The van der Waals surface area contributed by atoms with E-state index < -0.39 is 81.4 Å². The molecule has 216 valence electrons. The SMILES string of the molecule is C[C@H]1c2ccc(CNC(=O)CN(C)C)c(O)c2C(O)=C2C(=O)[C@]3(O)C(O)=C(C(N)=O)C(=O)[C@@H](N(C)C)[C@@H]3[C@@H](O)[C@@H]21. The number of phenolic OH excluding ortho intramolecular Hbond substituents is 1. The minimum absolute atomic E-state index is 0.0904. The lowest BCUT2D eigenvalue weighted by molar-refractivity contribution is -0.169. The molecule has 0 spiro atoms. The highest BCUT2D eigenvalue weighted by molar-refractivity contribution is 6.24. The van der Waals surface area contributed by atoms with Crippen molar-refractivity contribution in [1.82, 2.24) is 15.1 Å². The molecule has 3 aliphatic carbocycles. The van der Waals surface area contributed by atoms with Gasteiger partial charge in [0.05, 0.1) is 30.2 Å². The third-order valence-corrected chi connectivity index (χ3v) is 8.15. The first-order valence-corrected chi connectivity index (χ1v) is 12.7. The Morgan fingerprint density at radius 3 is 2.27 bits per heavy atom. The first-order chi connectivity index (χ1) is 18.6. The van der Waals surface area contributed by atoms with E-state index in [0.29, 0.717) is 5.56 Å². The largest absolute Gasteiger partial charge is 0.508 e. The summed E-state index contributed by atoms with van der Waals surface area (Å²) in [4.78, 5) is 54.4. The highest BCUT2D eigenvalue weighted by Crippen LogP contribution is 2.56. The van der Waals surface area contributed by atoms with Gasteiger partial charge < -0.3 is 41.5 Å². The van der Waals surface area contributed by atoms with E-state index in [1.54, 1.807) is 38.1 Å². The number of amides is 2. The number of likely N-dealkylation sites (N-methyl/N-ethyl adjacent to an activating group) is 2. The summed E-state index contributed by atoms with van der Waals surface area (Å²) in [6, 6.07) is 1.73. The van der Waals surface area contributed by atoms with E-state index in [0.717, 1.165) is 0 Å². The molecule has 0 aliphatic heterocycles. The molecule has 1 fully saturated rings. The van der Waals surface area contributed by atoms with Gasteiger partial charge in [-0.15, -0.1) is 0 Å². The van der Waals surface area contributed by atoms with Gasteiger partial charge in [-0.3, -0.25) is 24.1 Å². The molecule has 2 amide bonds. The van der Waals surface area contributed by atoms with E-state index in [1.165, 1.54) is 19.0 Å². The molecule has 0 saturated heterocycles. The van der Waals surface area contributed by atoms with Crippen molar-refractivity contribution in [2.24, 2.45) is 17.6 Å². The third-order valence-electron chi connectivity index (χ3n) is 8.15. The Morgan fingerprint density at radius 1 is 1.10 bits per heavy atom. The zero-order chi connectivity index (χ0) is 30.0. The van der Waals surface area contributed by atoms with Crippen LogP contribution in [0.3, 0.4) is 0 Å². The van der Waals surface area contributed by atoms with Crippen LogP contribution < -0.4 is 11.1 Å². The molecule has 40 heavy (non-hydrogen) atoms. The number of carbonyl (C=O) groups excluding carboxylic acids is 4. The van der Waals surface area contributed by atoms with Crippen molar-refractivity contribution in [1.29, 1.82) is 0 Å².